The molecule has 1 heterocycles. The lowest BCUT2D eigenvalue weighted by Gasteiger charge is -2.12. The summed E-state index contributed by atoms with van der Waals surface area (Å²) in [5.41, 5.74) is 1.17. The summed E-state index contributed by atoms with van der Waals surface area (Å²) in [4.78, 5) is 27.7. The third-order valence-corrected chi connectivity index (χ3v) is 3.55. The van der Waals surface area contributed by atoms with E-state index in [1.807, 2.05) is 0 Å². The molecule has 0 saturated heterocycles. The van der Waals surface area contributed by atoms with Crippen molar-refractivity contribution in [2.75, 3.05) is 11.9 Å². The van der Waals surface area contributed by atoms with Crippen molar-refractivity contribution < 1.29 is 14.0 Å². The van der Waals surface area contributed by atoms with Crippen molar-refractivity contribution in [2.24, 2.45) is 5.92 Å². The Balaban J connectivity index is 1.72. The third-order valence-electron chi connectivity index (χ3n) is 3.55. The van der Waals surface area contributed by atoms with Crippen LogP contribution in [0.25, 0.3) is 0 Å². The van der Waals surface area contributed by atoms with Gasteiger partial charge in [0, 0.05) is 37.0 Å². The second-order valence-corrected chi connectivity index (χ2v) is 5.52. The minimum atomic E-state index is -0.370. The summed E-state index contributed by atoms with van der Waals surface area (Å²) in [7, 11) is 0. The maximum atomic E-state index is 13.6. The SMILES string of the molecule is C[C@H](Cc1ccccc1F)C(=O)NCCC(=O)Nc1ccncc1. The molecule has 0 saturated carbocycles. The van der Waals surface area contributed by atoms with Crippen molar-refractivity contribution >= 4 is 17.5 Å². The van der Waals surface area contributed by atoms with Crippen molar-refractivity contribution in [1.29, 1.82) is 0 Å². The maximum Gasteiger partial charge on any atom is 0.226 e. The molecule has 0 spiro atoms. The first-order chi connectivity index (χ1) is 11.6. The summed E-state index contributed by atoms with van der Waals surface area (Å²) in [6.07, 6.45) is 3.66. The Bertz CT molecular complexity index is 692. The highest BCUT2D eigenvalue weighted by Crippen LogP contribution is 2.12. The van der Waals surface area contributed by atoms with Crippen LogP contribution in [0.15, 0.2) is 48.8 Å². The predicted molar refractivity (Wildman–Crippen MR) is 89.8 cm³/mol. The van der Waals surface area contributed by atoms with Crippen LogP contribution in [0.2, 0.25) is 0 Å². The Morgan fingerprint density at radius 3 is 2.58 bits per heavy atom. The standard InChI is InChI=1S/C18H20FN3O2/c1-13(12-14-4-2-3-5-16(14)19)18(24)21-11-8-17(23)22-15-6-9-20-10-7-15/h2-7,9-10,13H,8,11-12H2,1H3,(H,21,24)(H,20,22,23)/t13-/m1/s1. The van der Waals surface area contributed by atoms with Crippen molar-refractivity contribution in [3.63, 3.8) is 0 Å². The number of nitrogens with one attached hydrogen (secondary N) is 2. The monoisotopic (exact) mass is 329 g/mol. The zero-order valence-corrected chi connectivity index (χ0v) is 13.5. The second kappa shape index (κ2) is 8.76. The molecule has 5 nitrogen and oxygen atoms in total. The van der Waals surface area contributed by atoms with Gasteiger partial charge in [0.05, 0.1) is 0 Å². The molecule has 2 rings (SSSR count). The molecule has 2 N–H and O–H groups in total. The summed E-state index contributed by atoms with van der Waals surface area (Å²) in [5, 5.41) is 5.42. The minimum absolute atomic E-state index is 0.167. The second-order valence-electron chi connectivity index (χ2n) is 5.52. The fourth-order valence-corrected chi connectivity index (χ4v) is 2.22. The lowest BCUT2D eigenvalue weighted by atomic mass is 10.00. The molecule has 1 atom stereocenters. The lowest BCUT2D eigenvalue weighted by Crippen LogP contribution is -2.32. The Morgan fingerprint density at radius 1 is 1.17 bits per heavy atom. The van der Waals surface area contributed by atoms with Gasteiger partial charge in [-0.25, -0.2) is 4.39 Å². The number of hydrogen-bond acceptors (Lipinski definition) is 3. The van der Waals surface area contributed by atoms with Crippen LogP contribution in [-0.2, 0) is 16.0 Å². The van der Waals surface area contributed by atoms with Gasteiger partial charge in [0.15, 0.2) is 0 Å². The number of pyridine rings is 1. The molecule has 2 amide bonds. The number of aromatic nitrogens is 1. The van der Waals surface area contributed by atoms with Crippen LogP contribution in [0, 0.1) is 11.7 Å². The van der Waals surface area contributed by atoms with Gasteiger partial charge in [0.2, 0.25) is 11.8 Å². The van der Waals surface area contributed by atoms with E-state index >= 15 is 0 Å². The molecule has 0 aliphatic rings. The highest BCUT2D eigenvalue weighted by atomic mass is 19.1. The number of benzene rings is 1. The van der Waals surface area contributed by atoms with Gasteiger partial charge in [-0.3, -0.25) is 14.6 Å². The van der Waals surface area contributed by atoms with E-state index in [9.17, 15) is 14.0 Å². The van der Waals surface area contributed by atoms with E-state index in [2.05, 4.69) is 15.6 Å². The van der Waals surface area contributed by atoms with Gasteiger partial charge in [0.1, 0.15) is 5.82 Å². The van der Waals surface area contributed by atoms with Crippen LogP contribution in [0.3, 0.4) is 0 Å². The first kappa shape index (κ1) is 17.6. The van der Waals surface area contributed by atoms with Gasteiger partial charge >= 0.3 is 0 Å². The Hall–Kier alpha value is -2.76. The van der Waals surface area contributed by atoms with Gasteiger partial charge in [-0.2, -0.15) is 0 Å². The minimum Gasteiger partial charge on any atom is -0.355 e. The maximum absolute atomic E-state index is 13.6. The number of nitrogens with zero attached hydrogens (tertiary/aromatic N) is 1. The molecular formula is C18H20FN3O2. The van der Waals surface area contributed by atoms with E-state index in [0.29, 0.717) is 17.7 Å². The summed E-state index contributed by atoms with van der Waals surface area (Å²) in [6, 6.07) is 9.78. The summed E-state index contributed by atoms with van der Waals surface area (Å²) >= 11 is 0. The molecule has 0 bridgehead atoms. The van der Waals surface area contributed by atoms with Crippen molar-refractivity contribution in [3.8, 4) is 0 Å². The van der Waals surface area contributed by atoms with Gasteiger partial charge in [-0.15, -0.1) is 0 Å². The Morgan fingerprint density at radius 2 is 1.88 bits per heavy atom. The predicted octanol–water partition coefficient (Wildman–Crippen LogP) is 2.54. The van der Waals surface area contributed by atoms with Crippen molar-refractivity contribution in [1.82, 2.24) is 10.3 Å². The van der Waals surface area contributed by atoms with E-state index in [1.165, 1.54) is 6.07 Å². The molecule has 0 unspecified atom stereocenters. The fourth-order valence-electron chi connectivity index (χ4n) is 2.22. The number of amides is 2. The molecule has 0 aliphatic carbocycles. The van der Waals surface area contributed by atoms with Crippen LogP contribution in [0.1, 0.15) is 18.9 Å². The number of halogens is 1. The number of rotatable bonds is 7. The number of carbonyl (C=O) groups is 2. The molecule has 0 radical (unpaired) electrons. The average Bonchev–Trinajstić information content (AvgIpc) is 2.57. The number of hydrogen-bond donors (Lipinski definition) is 2. The van der Waals surface area contributed by atoms with Gasteiger partial charge in [0.25, 0.3) is 0 Å². The molecule has 0 fully saturated rings. The molecule has 126 valence electrons. The molecule has 1 aromatic carbocycles. The van der Waals surface area contributed by atoms with Crippen LogP contribution < -0.4 is 10.6 Å². The average molecular weight is 329 g/mol. The molecule has 1 aromatic heterocycles. The third kappa shape index (κ3) is 5.46. The van der Waals surface area contributed by atoms with Crippen molar-refractivity contribution in [3.05, 3.63) is 60.2 Å². The van der Waals surface area contributed by atoms with E-state index < -0.39 is 0 Å². The van der Waals surface area contributed by atoms with E-state index in [0.717, 1.165) is 0 Å². The number of carbonyl (C=O) groups excluding carboxylic acids is 2. The van der Waals surface area contributed by atoms with E-state index in [1.54, 1.807) is 49.6 Å². The zero-order valence-electron chi connectivity index (χ0n) is 13.5. The topological polar surface area (TPSA) is 71.1 Å². The zero-order chi connectivity index (χ0) is 17.4. The van der Waals surface area contributed by atoms with Gasteiger partial charge < -0.3 is 10.6 Å². The van der Waals surface area contributed by atoms with Crippen molar-refractivity contribution in [2.45, 2.75) is 19.8 Å². The Labute approximate surface area is 140 Å². The summed E-state index contributed by atoms with van der Waals surface area (Å²) in [5.74, 6) is -1.07. The highest BCUT2D eigenvalue weighted by molar-refractivity contribution is 5.91. The van der Waals surface area contributed by atoms with Gasteiger partial charge in [-0.05, 0) is 30.2 Å². The van der Waals surface area contributed by atoms with Crippen LogP contribution in [-0.4, -0.2) is 23.3 Å². The largest absolute Gasteiger partial charge is 0.355 e. The molecular weight excluding hydrogens is 309 g/mol. The quantitative estimate of drug-likeness (QED) is 0.820. The Kier molecular flexibility index (Phi) is 6.42. The summed E-state index contributed by atoms with van der Waals surface area (Å²) in [6.45, 7) is 1.97. The highest BCUT2D eigenvalue weighted by Gasteiger charge is 2.15. The smallest absolute Gasteiger partial charge is 0.226 e. The van der Waals surface area contributed by atoms with E-state index in [4.69, 9.17) is 0 Å². The molecule has 0 aliphatic heterocycles. The molecule has 24 heavy (non-hydrogen) atoms. The fraction of sp³-hybridized carbons (Fsp3) is 0.278. The van der Waals surface area contributed by atoms with Crippen LogP contribution in [0.4, 0.5) is 10.1 Å². The number of anilines is 1. The summed E-state index contributed by atoms with van der Waals surface area (Å²) < 4.78 is 13.6. The first-order valence-electron chi connectivity index (χ1n) is 7.77. The molecule has 6 heteroatoms. The van der Waals surface area contributed by atoms with Crippen LogP contribution in [0.5, 0.6) is 0 Å². The lowest BCUT2D eigenvalue weighted by molar-refractivity contribution is -0.124. The first-order valence-corrected chi connectivity index (χ1v) is 7.77. The van der Waals surface area contributed by atoms with Gasteiger partial charge in [-0.1, -0.05) is 25.1 Å². The normalized spacial score (nSPS) is 11.6. The van der Waals surface area contributed by atoms with Crippen LogP contribution >= 0.6 is 0 Å². The van der Waals surface area contributed by atoms with E-state index in [-0.39, 0.29) is 36.5 Å². The molecule has 2 aromatic rings.